The van der Waals surface area contributed by atoms with Crippen LogP contribution in [0.5, 0.6) is 0 Å². The van der Waals surface area contributed by atoms with Crippen molar-refractivity contribution >= 4 is 39.1 Å². The molecular formula is C16H13BrCl2O2. The van der Waals surface area contributed by atoms with Gasteiger partial charge in [0.15, 0.2) is 0 Å². The predicted molar refractivity (Wildman–Crippen MR) is 88.2 cm³/mol. The molecule has 2 aromatic carbocycles. The minimum absolute atomic E-state index is 0.215. The number of benzene rings is 2. The highest BCUT2D eigenvalue weighted by Crippen LogP contribution is 2.43. The maximum absolute atomic E-state index is 6.26. The lowest BCUT2D eigenvalue weighted by Gasteiger charge is -2.26. The molecular weight excluding hydrogens is 375 g/mol. The van der Waals surface area contributed by atoms with Crippen molar-refractivity contribution in [1.82, 2.24) is 0 Å². The zero-order valence-corrected chi connectivity index (χ0v) is 14.2. The Morgan fingerprint density at radius 1 is 1.14 bits per heavy atom. The van der Waals surface area contributed by atoms with Crippen LogP contribution in [0.3, 0.4) is 0 Å². The molecule has 0 bridgehead atoms. The van der Waals surface area contributed by atoms with Crippen LogP contribution in [0.1, 0.15) is 17.2 Å². The van der Waals surface area contributed by atoms with Crippen molar-refractivity contribution in [2.75, 3.05) is 11.9 Å². The van der Waals surface area contributed by atoms with Crippen molar-refractivity contribution in [2.24, 2.45) is 0 Å². The summed E-state index contributed by atoms with van der Waals surface area (Å²) in [5, 5.41) is 1.75. The fraction of sp³-hybridized carbons (Fsp3) is 0.250. The second kappa shape index (κ2) is 6.27. The third-order valence-electron chi connectivity index (χ3n) is 3.50. The number of halogens is 3. The molecule has 110 valence electrons. The fourth-order valence-electron chi connectivity index (χ4n) is 2.41. The number of ether oxygens (including phenoxy) is 2. The van der Waals surface area contributed by atoms with E-state index in [1.165, 1.54) is 0 Å². The van der Waals surface area contributed by atoms with E-state index in [0.717, 1.165) is 11.1 Å². The highest BCUT2D eigenvalue weighted by atomic mass is 79.9. The van der Waals surface area contributed by atoms with Crippen LogP contribution in [0.4, 0.5) is 0 Å². The van der Waals surface area contributed by atoms with Crippen LogP contribution in [0.2, 0.25) is 10.0 Å². The van der Waals surface area contributed by atoms with Gasteiger partial charge in [0.05, 0.1) is 11.9 Å². The molecule has 5 heteroatoms. The molecule has 0 aliphatic carbocycles. The van der Waals surface area contributed by atoms with Crippen LogP contribution in [0.25, 0.3) is 0 Å². The Balaban J connectivity index is 1.90. The maximum Gasteiger partial charge on any atom is 0.205 e. The quantitative estimate of drug-likeness (QED) is 0.662. The zero-order valence-electron chi connectivity index (χ0n) is 11.1. The third kappa shape index (κ3) is 2.99. The van der Waals surface area contributed by atoms with Gasteiger partial charge in [-0.3, -0.25) is 0 Å². The lowest BCUT2D eigenvalue weighted by atomic mass is 10.1. The lowest BCUT2D eigenvalue weighted by Crippen LogP contribution is -2.29. The van der Waals surface area contributed by atoms with Gasteiger partial charge in [0.2, 0.25) is 5.79 Å². The van der Waals surface area contributed by atoms with Gasteiger partial charge in [0.1, 0.15) is 6.10 Å². The van der Waals surface area contributed by atoms with E-state index in [9.17, 15) is 0 Å². The van der Waals surface area contributed by atoms with E-state index in [0.29, 0.717) is 22.0 Å². The summed E-state index contributed by atoms with van der Waals surface area (Å²) in [5.74, 6) is -0.783. The molecule has 1 aliphatic rings. The second-order valence-electron chi connectivity index (χ2n) is 4.84. The summed E-state index contributed by atoms with van der Waals surface area (Å²) in [5.41, 5.74) is 1.87. The molecule has 2 atom stereocenters. The molecule has 21 heavy (non-hydrogen) atoms. The van der Waals surface area contributed by atoms with Gasteiger partial charge in [0, 0.05) is 21.2 Å². The normalized spacial score (nSPS) is 25.2. The number of hydrogen-bond acceptors (Lipinski definition) is 2. The predicted octanol–water partition coefficient (Wildman–Crippen LogP) is 5.33. The van der Waals surface area contributed by atoms with Crippen LogP contribution < -0.4 is 0 Å². The van der Waals surface area contributed by atoms with Gasteiger partial charge in [-0.2, -0.15) is 0 Å². The average Bonchev–Trinajstić information content (AvgIpc) is 2.94. The molecule has 0 aromatic heterocycles. The third-order valence-corrected chi connectivity index (χ3v) is 4.80. The van der Waals surface area contributed by atoms with Crippen LogP contribution in [-0.4, -0.2) is 11.9 Å². The summed E-state index contributed by atoms with van der Waals surface area (Å²) >= 11 is 15.7. The first-order valence-corrected chi connectivity index (χ1v) is 8.40. The van der Waals surface area contributed by atoms with E-state index in [-0.39, 0.29) is 6.10 Å². The monoisotopic (exact) mass is 386 g/mol. The molecule has 1 fully saturated rings. The Bertz CT molecular complexity index is 635. The molecule has 1 aliphatic heterocycles. The van der Waals surface area contributed by atoms with Crippen LogP contribution in [-0.2, 0) is 15.3 Å². The molecule has 0 amide bonds. The molecule has 0 spiro atoms. The van der Waals surface area contributed by atoms with Crippen LogP contribution in [0, 0.1) is 0 Å². The summed E-state index contributed by atoms with van der Waals surface area (Å²) < 4.78 is 12.2. The van der Waals surface area contributed by atoms with Gasteiger partial charge >= 0.3 is 0 Å². The van der Waals surface area contributed by atoms with Crippen LogP contribution in [0.15, 0.2) is 48.5 Å². The first-order valence-electron chi connectivity index (χ1n) is 6.53. The first kappa shape index (κ1) is 15.3. The summed E-state index contributed by atoms with van der Waals surface area (Å²) in [4.78, 5) is 0. The van der Waals surface area contributed by atoms with E-state index in [1.54, 1.807) is 6.07 Å². The summed E-state index contributed by atoms with van der Waals surface area (Å²) in [6.07, 6.45) is -0.215. The smallest absolute Gasteiger partial charge is 0.205 e. The Hall–Kier alpha value is -0.580. The maximum atomic E-state index is 6.26. The Morgan fingerprint density at radius 3 is 2.57 bits per heavy atom. The van der Waals surface area contributed by atoms with Crippen molar-refractivity contribution in [1.29, 1.82) is 0 Å². The van der Waals surface area contributed by atoms with Gasteiger partial charge in [-0.05, 0) is 12.1 Å². The van der Waals surface area contributed by atoms with E-state index in [4.69, 9.17) is 32.7 Å². The van der Waals surface area contributed by atoms with Crippen molar-refractivity contribution in [3.8, 4) is 0 Å². The van der Waals surface area contributed by atoms with Crippen molar-refractivity contribution in [3.63, 3.8) is 0 Å². The Labute approximate surface area is 142 Å². The average molecular weight is 388 g/mol. The molecule has 1 saturated heterocycles. The van der Waals surface area contributed by atoms with Gasteiger partial charge in [-0.1, -0.05) is 75.5 Å². The van der Waals surface area contributed by atoms with Crippen molar-refractivity contribution in [2.45, 2.75) is 11.9 Å². The largest absolute Gasteiger partial charge is 0.342 e. The minimum atomic E-state index is -0.783. The highest BCUT2D eigenvalue weighted by molar-refractivity contribution is 9.09. The topological polar surface area (TPSA) is 18.5 Å². The summed E-state index contributed by atoms with van der Waals surface area (Å²) in [6, 6.07) is 15.3. The SMILES string of the molecule is Clc1ccc([C@H]2CO[C@@](CBr)(c3ccccc3)O2)c(Cl)c1. The Morgan fingerprint density at radius 2 is 1.90 bits per heavy atom. The number of hydrogen-bond donors (Lipinski definition) is 0. The molecule has 0 saturated carbocycles. The molecule has 0 unspecified atom stereocenters. The number of alkyl halides is 1. The summed E-state index contributed by atoms with van der Waals surface area (Å²) in [6.45, 7) is 0.446. The molecule has 2 aromatic rings. The lowest BCUT2D eigenvalue weighted by molar-refractivity contribution is -0.157. The highest BCUT2D eigenvalue weighted by Gasteiger charge is 2.43. The number of rotatable bonds is 3. The second-order valence-corrected chi connectivity index (χ2v) is 6.24. The molecule has 0 radical (unpaired) electrons. The zero-order chi connectivity index (χ0) is 14.9. The van der Waals surface area contributed by atoms with Gasteiger partial charge in [0.25, 0.3) is 0 Å². The van der Waals surface area contributed by atoms with E-state index < -0.39 is 5.79 Å². The summed E-state index contributed by atoms with van der Waals surface area (Å²) in [7, 11) is 0. The van der Waals surface area contributed by atoms with Gasteiger partial charge in [-0.25, -0.2) is 0 Å². The molecule has 0 N–H and O–H groups in total. The fourth-order valence-corrected chi connectivity index (χ4v) is 3.56. The first-order chi connectivity index (χ1) is 10.1. The Kier molecular flexibility index (Phi) is 4.57. The molecule has 3 rings (SSSR count). The van der Waals surface area contributed by atoms with Crippen LogP contribution >= 0.6 is 39.1 Å². The molecule has 1 heterocycles. The molecule has 2 nitrogen and oxygen atoms in total. The van der Waals surface area contributed by atoms with E-state index >= 15 is 0 Å². The van der Waals surface area contributed by atoms with Crippen molar-refractivity contribution in [3.05, 3.63) is 69.7 Å². The van der Waals surface area contributed by atoms with E-state index in [1.807, 2.05) is 42.5 Å². The minimum Gasteiger partial charge on any atom is -0.342 e. The van der Waals surface area contributed by atoms with Gasteiger partial charge < -0.3 is 9.47 Å². The van der Waals surface area contributed by atoms with Gasteiger partial charge in [-0.15, -0.1) is 0 Å². The standard InChI is InChI=1S/C16H13BrCl2O2/c17-10-16(11-4-2-1-3-5-11)20-9-15(21-16)13-7-6-12(18)8-14(13)19/h1-8,15H,9-10H2/t15-,16-/m1/s1. The van der Waals surface area contributed by atoms with Crippen molar-refractivity contribution < 1.29 is 9.47 Å². The van der Waals surface area contributed by atoms with E-state index in [2.05, 4.69) is 15.9 Å².